The number of rotatable bonds is 4. The molecule has 1 saturated heterocycles. The standard InChI is InChI=1S/C15H30N2/c1-2-14-10-6-7-11-17(14)12-15(16)13-8-4-3-5-9-13/h13-15H,2-12,16H2,1H3. The van der Waals surface area contributed by atoms with Crippen LogP contribution in [0, 0.1) is 5.92 Å². The third-order valence-electron chi connectivity index (χ3n) is 4.92. The lowest BCUT2D eigenvalue weighted by atomic mass is 9.83. The minimum Gasteiger partial charge on any atom is -0.326 e. The van der Waals surface area contributed by atoms with Gasteiger partial charge in [-0.2, -0.15) is 0 Å². The highest BCUT2D eigenvalue weighted by molar-refractivity contribution is 4.83. The summed E-state index contributed by atoms with van der Waals surface area (Å²) in [6.07, 6.45) is 12.5. The van der Waals surface area contributed by atoms with Crippen molar-refractivity contribution in [3.63, 3.8) is 0 Å². The van der Waals surface area contributed by atoms with Crippen LogP contribution in [0.3, 0.4) is 0 Å². The normalized spacial score (nSPS) is 30.4. The number of hydrogen-bond acceptors (Lipinski definition) is 2. The number of nitrogens with zero attached hydrogens (tertiary/aromatic N) is 1. The molecule has 17 heavy (non-hydrogen) atoms. The van der Waals surface area contributed by atoms with Gasteiger partial charge in [-0.1, -0.05) is 32.6 Å². The second kappa shape index (κ2) is 6.75. The molecule has 2 nitrogen and oxygen atoms in total. The number of nitrogens with two attached hydrogens (primary N) is 1. The first-order valence-corrected chi connectivity index (χ1v) is 7.81. The maximum absolute atomic E-state index is 6.45. The summed E-state index contributed by atoms with van der Waals surface area (Å²) in [5.41, 5.74) is 6.45. The molecule has 1 aliphatic carbocycles. The molecule has 0 bridgehead atoms. The molecule has 2 atom stereocenters. The predicted octanol–water partition coefficient (Wildman–Crippen LogP) is 3.16. The highest BCUT2D eigenvalue weighted by Crippen LogP contribution is 2.27. The van der Waals surface area contributed by atoms with Gasteiger partial charge in [0, 0.05) is 18.6 Å². The van der Waals surface area contributed by atoms with E-state index in [0.29, 0.717) is 6.04 Å². The van der Waals surface area contributed by atoms with E-state index in [1.54, 1.807) is 0 Å². The van der Waals surface area contributed by atoms with Gasteiger partial charge in [-0.3, -0.25) is 4.90 Å². The van der Waals surface area contributed by atoms with Crippen LogP contribution in [0.1, 0.15) is 64.7 Å². The van der Waals surface area contributed by atoms with Crippen molar-refractivity contribution in [3.05, 3.63) is 0 Å². The summed E-state index contributed by atoms with van der Waals surface area (Å²) in [5.74, 6) is 0.809. The van der Waals surface area contributed by atoms with Gasteiger partial charge in [0.15, 0.2) is 0 Å². The highest BCUT2D eigenvalue weighted by atomic mass is 15.2. The minimum atomic E-state index is 0.433. The Hall–Kier alpha value is -0.0800. The Kier molecular flexibility index (Phi) is 5.30. The molecule has 100 valence electrons. The molecule has 0 aromatic carbocycles. The lowest BCUT2D eigenvalue weighted by Crippen LogP contribution is -2.48. The summed E-state index contributed by atoms with van der Waals surface area (Å²) in [6, 6.07) is 1.25. The minimum absolute atomic E-state index is 0.433. The Morgan fingerprint density at radius 1 is 1.06 bits per heavy atom. The zero-order chi connectivity index (χ0) is 12.1. The Labute approximate surface area is 107 Å². The third-order valence-corrected chi connectivity index (χ3v) is 4.92. The summed E-state index contributed by atoms with van der Waals surface area (Å²) in [4.78, 5) is 2.68. The number of piperidine rings is 1. The quantitative estimate of drug-likeness (QED) is 0.815. The van der Waals surface area contributed by atoms with Gasteiger partial charge in [0.25, 0.3) is 0 Å². The van der Waals surface area contributed by atoms with Crippen molar-refractivity contribution < 1.29 is 0 Å². The molecule has 2 N–H and O–H groups in total. The average Bonchev–Trinajstić information content (AvgIpc) is 2.40. The average molecular weight is 238 g/mol. The van der Waals surface area contributed by atoms with Crippen molar-refractivity contribution >= 4 is 0 Å². The van der Waals surface area contributed by atoms with Gasteiger partial charge < -0.3 is 5.73 Å². The van der Waals surface area contributed by atoms with E-state index >= 15 is 0 Å². The van der Waals surface area contributed by atoms with Crippen LogP contribution in [0.25, 0.3) is 0 Å². The topological polar surface area (TPSA) is 29.3 Å². The van der Waals surface area contributed by atoms with Crippen LogP contribution in [0.5, 0.6) is 0 Å². The van der Waals surface area contributed by atoms with Crippen molar-refractivity contribution in [1.82, 2.24) is 4.90 Å². The Morgan fingerprint density at radius 2 is 1.76 bits per heavy atom. The molecule has 2 unspecified atom stereocenters. The van der Waals surface area contributed by atoms with Crippen LogP contribution in [0.15, 0.2) is 0 Å². The van der Waals surface area contributed by atoms with Crippen molar-refractivity contribution in [2.45, 2.75) is 76.8 Å². The largest absolute Gasteiger partial charge is 0.326 e. The molecule has 2 aliphatic rings. The Balaban J connectivity index is 1.81. The smallest absolute Gasteiger partial charge is 0.0196 e. The summed E-state index contributed by atoms with van der Waals surface area (Å²) >= 11 is 0. The van der Waals surface area contributed by atoms with E-state index in [2.05, 4.69) is 11.8 Å². The number of hydrogen-bond donors (Lipinski definition) is 1. The van der Waals surface area contributed by atoms with Crippen molar-refractivity contribution in [1.29, 1.82) is 0 Å². The molecule has 0 spiro atoms. The predicted molar refractivity (Wildman–Crippen MR) is 74.1 cm³/mol. The first kappa shape index (κ1) is 13.4. The van der Waals surface area contributed by atoms with Crippen LogP contribution in [0.2, 0.25) is 0 Å². The van der Waals surface area contributed by atoms with Crippen molar-refractivity contribution in [2.24, 2.45) is 11.7 Å². The molecular formula is C15H30N2. The van der Waals surface area contributed by atoms with Gasteiger partial charge in [-0.25, -0.2) is 0 Å². The van der Waals surface area contributed by atoms with Gasteiger partial charge in [0.1, 0.15) is 0 Å². The van der Waals surface area contributed by atoms with E-state index in [1.807, 2.05) is 0 Å². The monoisotopic (exact) mass is 238 g/mol. The Morgan fingerprint density at radius 3 is 2.47 bits per heavy atom. The second-order valence-electron chi connectivity index (χ2n) is 6.11. The van der Waals surface area contributed by atoms with E-state index in [9.17, 15) is 0 Å². The first-order valence-electron chi connectivity index (χ1n) is 7.81. The summed E-state index contributed by atoms with van der Waals surface area (Å²) in [7, 11) is 0. The maximum atomic E-state index is 6.45. The van der Waals surface area contributed by atoms with Crippen LogP contribution in [0.4, 0.5) is 0 Å². The molecule has 2 heteroatoms. The van der Waals surface area contributed by atoms with Crippen LogP contribution >= 0.6 is 0 Å². The Bertz CT molecular complexity index is 211. The fourth-order valence-corrected chi connectivity index (χ4v) is 3.74. The first-order chi connectivity index (χ1) is 8.31. The molecular weight excluding hydrogens is 208 g/mol. The molecule has 0 aromatic heterocycles. The van der Waals surface area contributed by atoms with Crippen LogP contribution in [-0.4, -0.2) is 30.1 Å². The van der Waals surface area contributed by atoms with E-state index in [0.717, 1.165) is 18.5 Å². The second-order valence-corrected chi connectivity index (χ2v) is 6.11. The molecule has 0 amide bonds. The van der Waals surface area contributed by atoms with Gasteiger partial charge in [0.2, 0.25) is 0 Å². The van der Waals surface area contributed by atoms with E-state index in [1.165, 1.54) is 64.3 Å². The molecule has 2 rings (SSSR count). The zero-order valence-corrected chi connectivity index (χ0v) is 11.5. The lowest BCUT2D eigenvalue weighted by molar-refractivity contribution is 0.118. The SMILES string of the molecule is CCC1CCCCN1CC(N)C1CCCCC1. The molecule has 2 fully saturated rings. The van der Waals surface area contributed by atoms with Gasteiger partial charge in [-0.05, 0) is 44.6 Å². The molecule has 1 aliphatic heterocycles. The lowest BCUT2D eigenvalue weighted by Gasteiger charge is -2.39. The van der Waals surface area contributed by atoms with E-state index < -0.39 is 0 Å². The molecule has 1 heterocycles. The third kappa shape index (κ3) is 3.69. The van der Waals surface area contributed by atoms with Crippen molar-refractivity contribution in [2.75, 3.05) is 13.1 Å². The number of likely N-dealkylation sites (tertiary alicyclic amines) is 1. The zero-order valence-electron chi connectivity index (χ0n) is 11.5. The van der Waals surface area contributed by atoms with Crippen molar-refractivity contribution in [3.8, 4) is 0 Å². The summed E-state index contributed by atoms with van der Waals surface area (Å²) in [6.45, 7) is 4.78. The molecule has 0 radical (unpaired) electrons. The van der Waals surface area contributed by atoms with Crippen LogP contribution in [-0.2, 0) is 0 Å². The van der Waals surface area contributed by atoms with E-state index in [-0.39, 0.29) is 0 Å². The van der Waals surface area contributed by atoms with E-state index in [4.69, 9.17) is 5.73 Å². The highest BCUT2D eigenvalue weighted by Gasteiger charge is 2.26. The molecule has 0 aromatic rings. The fraction of sp³-hybridized carbons (Fsp3) is 1.00. The van der Waals surface area contributed by atoms with Gasteiger partial charge >= 0.3 is 0 Å². The molecule has 1 saturated carbocycles. The summed E-state index contributed by atoms with van der Waals surface area (Å²) < 4.78 is 0. The van der Waals surface area contributed by atoms with Gasteiger partial charge in [0.05, 0.1) is 0 Å². The maximum Gasteiger partial charge on any atom is 0.0196 e. The van der Waals surface area contributed by atoms with Gasteiger partial charge in [-0.15, -0.1) is 0 Å². The summed E-state index contributed by atoms with van der Waals surface area (Å²) in [5, 5.41) is 0. The fourth-order valence-electron chi connectivity index (χ4n) is 3.74. The van der Waals surface area contributed by atoms with Crippen LogP contribution < -0.4 is 5.73 Å².